The lowest BCUT2D eigenvalue weighted by Gasteiger charge is -2.25. The van der Waals surface area contributed by atoms with E-state index < -0.39 is 0 Å². The van der Waals surface area contributed by atoms with E-state index in [1.807, 2.05) is 30.3 Å². The van der Waals surface area contributed by atoms with Crippen molar-refractivity contribution < 1.29 is 4.42 Å². The second kappa shape index (κ2) is 8.00. The average molecular weight is 451 g/mol. The number of rotatable bonds is 3. The summed E-state index contributed by atoms with van der Waals surface area (Å²) in [6.07, 6.45) is 1.95. The van der Waals surface area contributed by atoms with Crippen molar-refractivity contribution in [3.63, 3.8) is 0 Å². The Hall–Kier alpha value is -4.63. The summed E-state index contributed by atoms with van der Waals surface area (Å²) in [7, 11) is 0. The zero-order valence-electron chi connectivity index (χ0n) is 19.0. The second-order valence-corrected chi connectivity index (χ2v) is 8.87. The zero-order valence-corrected chi connectivity index (χ0v) is 19.0. The van der Waals surface area contributed by atoms with E-state index in [0.29, 0.717) is 0 Å². The van der Waals surface area contributed by atoms with Crippen molar-refractivity contribution in [2.45, 2.75) is 6.17 Å². The summed E-state index contributed by atoms with van der Waals surface area (Å²) >= 11 is 0. The first-order valence-electron chi connectivity index (χ1n) is 11.8. The number of aliphatic imine (C=N–C) groups is 1. The van der Waals surface area contributed by atoms with Crippen LogP contribution in [0.2, 0.25) is 0 Å². The molecule has 5 aromatic carbocycles. The number of para-hydroxylation sites is 1. The van der Waals surface area contributed by atoms with Gasteiger partial charge in [-0.3, -0.25) is 4.99 Å². The summed E-state index contributed by atoms with van der Waals surface area (Å²) in [6, 6.07) is 39.9. The monoisotopic (exact) mass is 450 g/mol. The minimum absolute atomic E-state index is 0.205. The number of nitrogens with zero attached hydrogens (tertiary/aromatic N) is 1. The van der Waals surface area contributed by atoms with Crippen LogP contribution < -0.4 is 5.32 Å². The molecule has 166 valence electrons. The quantitative estimate of drug-likeness (QED) is 0.298. The molecule has 0 saturated carbocycles. The summed E-state index contributed by atoms with van der Waals surface area (Å²) < 4.78 is 6.16. The number of hydrogen-bond donors (Lipinski definition) is 1. The van der Waals surface area contributed by atoms with Crippen molar-refractivity contribution in [3.05, 3.63) is 138 Å². The number of furan rings is 1. The Bertz CT molecular complexity index is 1780. The molecule has 1 N–H and O–H groups in total. The largest absolute Gasteiger partial charge is 0.456 e. The minimum Gasteiger partial charge on any atom is -0.456 e. The number of allylic oxidation sites excluding steroid dienone is 1. The Morgan fingerprint density at radius 1 is 0.657 bits per heavy atom. The van der Waals surface area contributed by atoms with Gasteiger partial charge in [0.1, 0.15) is 17.3 Å². The molecule has 0 saturated heterocycles. The molecular weight excluding hydrogens is 428 g/mol. The average Bonchev–Trinajstić information content (AvgIpc) is 3.32. The third-order valence-corrected chi connectivity index (χ3v) is 6.69. The highest BCUT2D eigenvalue weighted by Gasteiger charge is 2.22. The van der Waals surface area contributed by atoms with Crippen molar-refractivity contribution in [2.75, 3.05) is 0 Å². The molecule has 0 fully saturated rings. The first-order chi connectivity index (χ1) is 17.3. The summed E-state index contributed by atoms with van der Waals surface area (Å²) in [5, 5.41) is 8.33. The van der Waals surface area contributed by atoms with Crippen LogP contribution in [0.5, 0.6) is 0 Å². The molecule has 0 amide bonds. The third kappa shape index (κ3) is 3.41. The fourth-order valence-corrected chi connectivity index (χ4v) is 4.99. The molecule has 7 rings (SSSR count). The van der Waals surface area contributed by atoms with Crippen LogP contribution in [-0.2, 0) is 0 Å². The Balaban J connectivity index is 1.44. The van der Waals surface area contributed by atoms with Crippen molar-refractivity contribution in [1.29, 1.82) is 0 Å². The molecule has 6 aromatic rings. The van der Waals surface area contributed by atoms with Crippen molar-refractivity contribution in [3.8, 4) is 0 Å². The molecule has 0 radical (unpaired) electrons. The van der Waals surface area contributed by atoms with E-state index in [0.717, 1.165) is 50.0 Å². The molecule has 2 heterocycles. The standard InChI is InChI=1S/C32H22N2O/c1-2-10-22(11-3-1)27-20-28(25-14-8-16-30-31(25)26-13-6-7-15-29(26)35-30)34-32(33-27)24-18-17-21-9-4-5-12-23(21)19-24/h1-20,32-33H. The number of hydrogen-bond acceptors (Lipinski definition) is 3. The molecule has 3 heteroatoms. The van der Waals surface area contributed by atoms with Gasteiger partial charge in [-0.15, -0.1) is 0 Å². The predicted molar refractivity (Wildman–Crippen MR) is 145 cm³/mol. The van der Waals surface area contributed by atoms with E-state index in [1.54, 1.807) is 0 Å². The first kappa shape index (κ1) is 19.8. The van der Waals surface area contributed by atoms with Crippen molar-refractivity contribution in [1.82, 2.24) is 5.32 Å². The Labute approximate surface area is 203 Å². The van der Waals surface area contributed by atoms with Crippen LogP contribution in [0, 0.1) is 0 Å². The van der Waals surface area contributed by atoms with Crippen LogP contribution >= 0.6 is 0 Å². The van der Waals surface area contributed by atoms with Gasteiger partial charge in [0.05, 0.1) is 5.71 Å². The molecule has 1 aromatic heterocycles. The van der Waals surface area contributed by atoms with E-state index >= 15 is 0 Å². The Morgan fingerprint density at radius 3 is 2.34 bits per heavy atom. The first-order valence-corrected chi connectivity index (χ1v) is 11.8. The highest BCUT2D eigenvalue weighted by atomic mass is 16.3. The molecule has 35 heavy (non-hydrogen) atoms. The van der Waals surface area contributed by atoms with Gasteiger partial charge in [-0.2, -0.15) is 0 Å². The number of fused-ring (bicyclic) bond motifs is 4. The number of nitrogens with one attached hydrogen (secondary N) is 1. The van der Waals surface area contributed by atoms with Gasteiger partial charge in [0.25, 0.3) is 0 Å². The van der Waals surface area contributed by atoms with Gasteiger partial charge in [-0.1, -0.05) is 97.1 Å². The molecule has 0 bridgehead atoms. The fraction of sp³-hybridized carbons (Fsp3) is 0.0312. The van der Waals surface area contributed by atoms with Crippen LogP contribution in [0.1, 0.15) is 22.9 Å². The van der Waals surface area contributed by atoms with Crippen LogP contribution in [0.3, 0.4) is 0 Å². The minimum atomic E-state index is -0.205. The molecule has 1 aliphatic rings. The molecule has 1 unspecified atom stereocenters. The van der Waals surface area contributed by atoms with E-state index in [2.05, 4.69) is 96.3 Å². The van der Waals surface area contributed by atoms with Gasteiger partial charge in [0.15, 0.2) is 0 Å². The topological polar surface area (TPSA) is 37.5 Å². The van der Waals surface area contributed by atoms with Crippen LogP contribution in [0.15, 0.2) is 131 Å². The lowest BCUT2D eigenvalue weighted by atomic mass is 9.98. The molecule has 0 spiro atoms. The van der Waals surface area contributed by atoms with Gasteiger partial charge in [-0.05, 0) is 46.2 Å². The molecule has 1 aliphatic heterocycles. The smallest absolute Gasteiger partial charge is 0.145 e. The summed E-state index contributed by atoms with van der Waals surface area (Å²) in [6.45, 7) is 0. The summed E-state index contributed by atoms with van der Waals surface area (Å²) in [5.41, 5.74) is 7.11. The summed E-state index contributed by atoms with van der Waals surface area (Å²) in [5.74, 6) is 0. The Morgan fingerprint density at radius 2 is 1.43 bits per heavy atom. The number of benzene rings is 5. The highest BCUT2D eigenvalue weighted by molar-refractivity contribution is 6.23. The van der Waals surface area contributed by atoms with Gasteiger partial charge >= 0.3 is 0 Å². The van der Waals surface area contributed by atoms with E-state index in [-0.39, 0.29) is 6.17 Å². The van der Waals surface area contributed by atoms with Crippen molar-refractivity contribution in [2.24, 2.45) is 4.99 Å². The van der Waals surface area contributed by atoms with Gasteiger partial charge in [-0.25, -0.2) is 0 Å². The van der Waals surface area contributed by atoms with Gasteiger partial charge < -0.3 is 9.73 Å². The lowest BCUT2D eigenvalue weighted by Crippen LogP contribution is -2.24. The van der Waals surface area contributed by atoms with Crippen LogP contribution in [0.4, 0.5) is 0 Å². The van der Waals surface area contributed by atoms with Crippen LogP contribution in [-0.4, -0.2) is 5.71 Å². The SMILES string of the molecule is C1=C(c2ccccc2)NC(c2ccc3ccccc3c2)N=C1c1cccc2oc3ccccc3c12. The van der Waals surface area contributed by atoms with E-state index in [1.165, 1.54) is 10.8 Å². The second-order valence-electron chi connectivity index (χ2n) is 8.87. The normalized spacial score (nSPS) is 15.7. The molecule has 3 nitrogen and oxygen atoms in total. The molecule has 0 aliphatic carbocycles. The summed E-state index contributed by atoms with van der Waals surface area (Å²) in [4.78, 5) is 5.23. The van der Waals surface area contributed by atoms with E-state index in [9.17, 15) is 0 Å². The van der Waals surface area contributed by atoms with Crippen LogP contribution in [0.25, 0.3) is 38.4 Å². The molecular formula is C32H22N2O. The maximum atomic E-state index is 6.16. The van der Waals surface area contributed by atoms with Gasteiger partial charge in [0.2, 0.25) is 0 Å². The van der Waals surface area contributed by atoms with E-state index in [4.69, 9.17) is 9.41 Å². The fourth-order valence-electron chi connectivity index (χ4n) is 4.99. The Kier molecular flexibility index (Phi) is 4.52. The van der Waals surface area contributed by atoms with Gasteiger partial charge in [0, 0.05) is 22.0 Å². The lowest BCUT2D eigenvalue weighted by molar-refractivity contribution is 0.664. The zero-order chi connectivity index (χ0) is 23.2. The maximum Gasteiger partial charge on any atom is 0.145 e. The maximum absolute atomic E-state index is 6.16. The highest BCUT2D eigenvalue weighted by Crippen LogP contribution is 2.34. The van der Waals surface area contributed by atoms with Crippen molar-refractivity contribution >= 4 is 44.1 Å². The third-order valence-electron chi connectivity index (χ3n) is 6.69. The molecule has 1 atom stereocenters. The predicted octanol–water partition coefficient (Wildman–Crippen LogP) is 7.87.